The minimum Gasteiger partial charge on any atom is -0.495 e. The summed E-state index contributed by atoms with van der Waals surface area (Å²) in [6, 6.07) is 13.5. The molecule has 0 aliphatic carbocycles. The molecule has 30 heavy (non-hydrogen) atoms. The van der Waals surface area contributed by atoms with Crippen LogP contribution in [0.15, 0.2) is 54.7 Å². The molecule has 1 aliphatic heterocycles. The fraction of sp³-hybridized carbons (Fsp3) is 0.273. The van der Waals surface area contributed by atoms with Gasteiger partial charge in [-0.3, -0.25) is 4.79 Å². The van der Waals surface area contributed by atoms with E-state index in [4.69, 9.17) is 4.74 Å². The van der Waals surface area contributed by atoms with Crippen LogP contribution in [0.3, 0.4) is 0 Å². The van der Waals surface area contributed by atoms with Crippen molar-refractivity contribution in [1.29, 1.82) is 0 Å². The van der Waals surface area contributed by atoms with Crippen LogP contribution >= 0.6 is 12.4 Å². The molecule has 3 aromatic rings. The highest BCUT2D eigenvalue weighted by atomic mass is 35.5. The van der Waals surface area contributed by atoms with E-state index in [1.165, 1.54) is 12.1 Å². The second kappa shape index (κ2) is 9.73. The number of rotatable bonds is 5. The quantitative estimate of drug-likeness (QED) is 0.637. The van der Waals surface area contributed by atoms with Gasteiger partial charge in [0, 0.05) is 5.92 Å². The van der Waals surface area contributed by atoms with Gasteiger partial charge in [-0.2, -0.15) is 5.10 Å². The molecule has 4 rings (SSSR count). The van der Waals surface area contributed by atoms with Crippen molar-refractivity contribution in [2.24, 2.45) is 0 Å². The van der Waals surface area contributed by atoms with Crippen molar-refractivity contribution in [3.05, 3.63) is 71.8 Å². The van der Waals surface area contributed by atoms with Crippen LogP contribution in [0.2, 0.25) is 0 Å². The van der Waals surface area contributed by atoms with Gasteiger partial charge < -0.3 is 15.4 Å². The zero-order valence-corrected chi connectivity index (χ0v) is 17.4. The molecule has 158 valence electrons. The SMILES string of the molecule is COc1ccccc1NC(=O)c1cnn(-c2cccc(F)c2)c1C1CCNCC1.Cl. The minimum atomic E-state index is -0.339. The number of amides is 1. The summed E-state index contributed by atoms with van der Waals surface area (Å²) in [5.41, 5.74) is 2.50. The van der Waals surface area contributed by atoms with Gasteiger partial charge in [-0.25, -0.2) is 9.07 Å². The molecule has 2 heterocycles. The Morgan fingerprint density at radius 3 is 2.70 bits per heavy atom. The van der Waals surface area contributed by atoms with Gasteiger partial charge in [-0.1, -0.05) is 18.2 Å². The van der Waals surface area contributed by atoms with Crippen molar-refractivity contribution in [1.82, 2.24) is 15.1 Å². The van der Waals surface area contributed by atoms with E-state index >= 15 is 0 Å². The van der Waals surface area contributed by atoms with Crippen molar-refractivity contribution in [3.63, 3.8) is 0 Å². The predicted molar refractivity (Wildman–Crippen MR) is 117 cm³/mol. The Bertz CT molecular complexity index is 1020. The van der Waals surface area contributed by atoms with Crippen LogP contribution in [0.5, 0.6) is 5.75 Å². The lowest BCUT2D eigenvalue weighted by Gasteiger charge is -2.24. The molecule has 1 fully saturated rings. The maximum Gasteiger partial charge on any atom is 0.259 e. The number of carbonyl (C=O) groups is 1. The molecule has 0 spiro atoms. The Kier molecular flexibility index (Phi) is 7.07. The summed E-state index contributed by atoms with van der Waals surface area (Å²) in [5.74, 6) is 0.141. The first-order chi connectivity index (χ1) is 14.2. The normalized spacial score (nSPS) is 14.1. The Morgan fingerprint density at radius 1 is 1.20 bits per heavy atom. The number of nitrogens with zero attached hydrogens (tertiary/aromatic N) is 2. The van der Waals surface area contributed by atoms with Crippen LogP contribution in [0.25, 0.3) is 5.69 Å². The fourth-order valence-corrected chi connectivity index (χ4v) is 3.77. The van der Waals surface area contributed by atoms with E-state index < -0.39 is 0 Å². The van der Waals surface area contributed by atoms with Gasteiger partial charge in [0.05, 0.1) is 35.9 Å². The molecule has 6 nitrogen and oxygen atoms in total. The third-order valence-corrected chi connectivity index (χ3v) is 5.18. The average Bonchev–Trinajstić information content (AvgIpc) is 3.20. The molecule has 2 aromatic carbocycles. The van der Waals surface area contributed by atoms with E-state index in [0.717, 1.165) is 31.6 Å². The number of nitrogens with one attached hydrogen (secondary N) is 2. The second-order valence-corrected chi connectivity index (χ2v) is 7.01. The highest BCUT2D eigenvalue weighted by Crippen LogP contribution is 2.31. The maximum absolute atomic E-state index is 13.8. The number of halogens is 2. The number of hydrogen-bond donors (Lipinski definition) is 2. The number of para-hydroxylation sites is 2. The summed E-state index contributed by atoms with van der Waals surface area (Å²) < 4.78 is 20.8. The summed E-state index contributed by atoms with van der Waals surface area (Å²) in [7, 11) is 1.56. The van der Waals surface area contributed by atoms with Gasteiger partial charge >= 0.3 is 0 Å². The highest BCUT2D eigenvalue weighted by Gasteiger charge is 2.27. The topological polar surface area (TPSA) is 68.2 Å². The molecule has 1 aromatic heterocycles. The van der Waals surface area contributed by atoms with Gasteiger partial charge in [0.15, 0.2) is 0 Å². The lowest BCUT2D eigenvalue weighted by molar-refractivity contribution is 0.102. The Labute approximate surface area is 180 Å². The van der Waals surface area contributed by atoms with Gasteiger partial charge in [0.2, 0.25) is 0 Å². The standard InChI is InChI=1S/C22H23FN4O2.ClH/c1-29-20-8-3-2-7-19(20)26-22(28)18-14-25-27(17-6-4-5-16(23)13-17)21(18)15-9-11-24-12-10-15;/h2-8,13-15,24H,9-12H2,1H3,(H,26,28);1H. The number of benzene rings is 2. The van der Waals surface area contributed by atoms with Crippen molar-refractivity contribution in [2.75, 3.05) is 25.5 Å². The smallest absolute Gasteiger partial charge is 0.259 e. The van der Waals surface area contributed by atoms with Gasteiger partial charge in [-0.15, -0.1) is 12.4 Å². The number of aromatic nitrogens is 2. The minimum absolute atomic E-state index is 0. The van der Waals surface area contributed by atoms with Crippen molar-refractivity contribution < 1.29 is 13.9 Å². The lowest BCUT2D eigenvalue weighted by atomic mass is 9.91. The number of hydrogen-bond acceptors (Lipinski definition) is 4. The molecule has 0 unspecified atom stereocenters. The van der Waals surface area contributed by atoms with Crippen molar-refractivity contribution in [3.8, 4) is 11.4 Å². The van der Waals surface area contributed by atoms with Crippen LogP contribution in [-0.2, 0) is 0 Å². The molecule has 0 bridgehead atoms. The molecule has 2 N–H and O–H groups in total. The van der Waals surface area contributed by atoms with Crippen LogP contribution in [0.4, 0.5) is 10.1 Å². The highest BCUT2D eigenvalue weighted by molar-refractivity contribution is 6.05. The molecular formula is C22H24ClFN4O2. The molecule has 1 saturated heterocycles. The number of piperidine rings is 1. The van der Waals surface area contributed by atoms with E-state index in [9.17, 15) is 9.18 Å². The molecule has 0 atom stereocenters. The summed E-state index contributed by atoms with van der Waals surface area (Å²) in [5, 5.41) is 10.7. The van der Waals surface area contributed by atoms with Gasteiger partial charge in [0.25, 0.3) is 5.91 Å². The molecule has 0 saturated carbocycles. The largest absolute Gasteiger partial charge is 0.495 e. The first kappa shape index (κ1) is 21.8. The summed E-state index contributed by atoms with van der Waals surface area (Å²) >= 11 is 0. The Balaban J connectivity index is 0.00000256. The monoisotopic (exact) mass is 430 g/mol. The zero-order chi connectivity index (χ0) is 20.2. The summed E-state index contributed by atoms with van der Waals surface area (Å²) in [6.45, 7) is 1.74. The first-order valence-corrected chi connectivity index (χ1v) is 9.66. The van der Waals surface area contributed by atoms with E-state index in [-0.39, 0.29) is 30.0 Å². The van der Waals surface area contributed by atoms with E-state index in [0.29, 0.717) is 22.7 Å². The van der Waals surface area contributed by atoms with E-state index in [2.05, 4.69) is 15.7 Å². The molecule has 0 radical (unpaired) electrons. The maximum atomic E-state index is 13.8. The molecule has 1 aliphatic rings. The third-order valence-electron chi connectivity index (χ3n) is 5.18. The van der Waals surface area contributed by atoms with Crippen LogP contribution in [0.1, 0.15) is 34.8 Å². The predicted octanol–water partition coefficient (Wildman–Crippen LogP) is 4.16. The van der Waals surface area contributed by atoms with E-state index in [1.807, 2.05) is 12.1 Å². The first-order valence-electron chi connectivity index (χ1n) is 9.66. The third kappa shape index (κ3) is 4.47. The van der Waals surface area contributed by atoms with E-state index in [1.54, 1.807) is 42.3 Å². The molecular weight excluding hydrogens is 407 g/mol. The van der Waals surface area contributed by atoms with Crippen LogP contribution in [-0.4, -0.2) is 35.9 Å². The average molecular weight is 431 g/mol. The molecule has 8 heteroatoms. The zero-order valence-electron chi connectivity index (χ0n) is 16.6. The number of methoxy groups -OCH3 is 1. The Morgan fingerprint density at radius 2 is 1.97 bits per heavy atom. The Hall–Kier alpha value is -2.90. The lowest BCUT2D eigenvalue weighted by Crippen LogP contribution is -2.29. The van der Waals surface area contributed by atoms with Crippen LogP contribution in [0, 0.1) is 5.82 Å². The van der Waals surface area contributed by atoms with Crippen molar-refractivity contribution >= 4 is 24.0 Å². The number of carbonyl (C=O) groups excluding carboxylic acids is 1. The number of ether oxygens (including phenoxy) is 1. The summed E-state index contributed by atoms with van der Waals surface area (Å²) in [4.78, 5) is 13.1. The van der Waals surface area contributed by atoms with Crippen LogP contribution < -0.4 is 15.4 Å². The van der Waals surface area contributed by atoms with Gasteiger partial charge in [0.1, 0.15) is 11.6 Å². The second-order valence-electron chi connectivity index (χ2n) is 7.01. The fourth-order valence-electron chi connectivity index (χ4n) is 3.77. The molecule has 1 amide bonds. The number of anilines is 1. The van der Waals surface area contributed by atoms with Gasteiger partial charge in [-0.05, 0) is 56.3 Å². The summed E-state index contributed by atoms with van der Waals surface area (Å²) in [6.07, 6.45) is 3.33. The van der Waals surface area contributed by atoms with Crippen molar-refractivity contribution in [2.45, 2.75) is 18.8 Å².